The van der Waals surface area contributed by atoms with Crippen molar-refractivity contribution in [3.05, 3.63) is 23.8 Å². The molecular formula is C18H27N3O3S. The van der Waals surface area contributed by atoms with E-state index in [1.807, 2.05) is 18.2 Å². The highest BCUT2D eigenvalue weighted by atomic mass is 32.2. The highest BCUT2D eigenvalue weighted by Crippen LogP contribution is 2.32. The van der Waals surface area contributed by atoms with Gasteiger partial charge in [-0.1, -0.05) is 19.9 Å². The normalized spacial score (nSPS) is 25.2. The van der Waals surface area contributed by atoms with Crippen molar-refractivity contribution in [1.82, 2.24) is 16.0 Å². The number of fused-ring (bicyclic) bond motifs is 1. The number of thioether (sulfide) groups is 1. The number of nitrogens with one attached hydrogen (secondary N) is 3. The number of hydrogen-bond acceptors (Lipinski definition) is 6. The van der Waals surface area contributed by atoms with Gasteiger partial charge in [0, 0.05) is 12.6 Å². The Bertz CT molecular complexity index is 611. The number of ether oxygens (including phenoxy) is 2. The van der Waals surface area contributed by atoms with Gasteiger partial charge in [-0.05, 0) is 37.0 Å². The number of amides is 1. The molecule has 1 aromatic rings. The molecule has 25 heavy (non-hydrogen) atoms. The lowest BCUT2D eigenvalue weighted by Crippen LogP contribution is -2.58. The maximum Gasteiger partial charge on any atom is 0.231 e. The molecule has 2 aliphatic heterocycles. The zero-order chi connectivity index (χ0) is 17.8. The summed E-state index contributed by atoms with van der Waals surface area (Å²) in [6, 6.07) is 6.21. The van der Waals surface area contributed by atoms with Crippen LogP contribution in [0.15, 0.2) is 18.2 Å². The minimum atomic E-state index is 0.0525. The van der Waals surface area contributed by atoms with Crippen molar-refractivity contribution in [2.45, 2.75) is 51.3 Å². The highest BCUT2D eigenvalue weighted by Gasteiger charge is 2.27. The van der Waals surface area contributed by atoms with E-state index in [0.29, 0.717) is 35.8 Å². The molecule has 3 atom stereocenters. The number of carbonyl (C=O) groups excluding carboxylic acids is 1. The number of hydrogen-bond donors (Lipinski definition) is 3. The third-order valence-corrected chi connectivity index (χ3v) is 5.57. The van der Waals surface area contributed by atoms with Gasteiger partial charge < -0.3 is 14.8 Å². The van der Waals surface area contributed by atoms with Crippen LogP contribution >= 0.6 is 11.8 Å². The molecule has 0 saturated carbocycles. The Morgan fingerprint density at radius 1 is 1.32 bits per heavy atom. The summed E-state index contributed by atoms with van der Waals surface area (Å²) in [5.74, 6) is 2.53. The first-order valence-electron chi connectivity index (χ1n) is 8.80. The van der Waals surface area contributed by atoms with Crippen LogP contribution in [-0.2, 0) is 11.3 Å². The molecule has 2 heterocycles. The van der Waals surface area contributed by atoms with Crippen molar-refractivity contribution in [1.29, 1.82) is 0 Å². The van der Waals surface area contributed by atoms with Crippen LogP contribution in [0.4, 0.5) is 0 Å². The number of benzene rings is 1. The van der Waals surface area contributed by atoms with E-state index in [2.05, 4.69) is 36.7 Å². The first-order chi connectivity index (χ1) is 12.0. The molecule has 3 rings (SSSR count). The third kappa shape index (κ3) is 5.03. The molecule has 1 amide bonds. The van der Waals surface area contributed by atoms with E-state index in [-0.39, 0.29) is 12.7 Å². The van der Waals surface area contributed by atoms with E-state index < -0.39 is 0 Å². The lowest BCUT2D eigenvalue weighted by Gasteiger charge is -2.37. The molecule has 0 aliphatic carbocycles. The summed E-state index contributed by atoms with van der Waals surface area (Å²) in [6.07, 6.45) is 1.32. The van der Waals surface area contributed by atoms with Gasteiger partial charge in [0.05, 0.1) is 17.3 Å². The molecular weight excluding hydrogens is 338 g/mol. The summed E-state index contributed by atoms with van der Waals surface area (Å²) in [5, 5.41) is 10.4. The average molecular weight is 365 g/mol. The van der Waals surface area contributed by atoms with Gasteiger partial charge in [-0.3, -0.25) is 15.4 Å². The minimum Gasteiger partial charge on any atom is -0.454 e. The van der Waals surface area contributed by atoms with Gasteiger partial charge in [-0.25, -0.2) is 0 Å². The van der Waals surface area contributed by atoms with E-state index in [1.165, 1.54) is 0 Å². The van der Waals surface area contributed by atoms with Crippen molar-refractivity contribution in [3.8, 4) is 11.5 Å². The molecule has 0 bridgehead atoms. The van der Waals surface area contributed by atoms with Gasteiger partial charge in [0.2, 0.25) is 12.7 Å². The SMILES string of the molecule is CC1CC(SCC(=O)NCc2ccc3c(c2)OCO3)NC(C(C)C)N1. The lowest BCUT2D eigenvalue weighted by atomic mass is 10.1. The third-order valence-electron chi connectivity index (χ3n) is 4.41. The fourth-order valence-electron chi connectivity index (χ4n) is 2.99. The van der Waals surface area contributed by atoms with E-state index in [1.54, 1.807) is 11.8 Å². The summed E-state index contributed by atoms with van der Waals surface area (Å²) >= 11 is 1.68. The smallest absolute Gasteiger partial charge is 0.231 e. The van der Waals surface area contributed by atoms with Gasteiger partial charge in [0.1, 0.15) is 0 Å². The Morgan fingerprint density at radius 2 is 2.12 bits per heavy atom. The molecule has 7 heteroatoms. The molecule has 0 radical (unpaired) electrons. The Morgan fingerprint density at radius 3 is 2.92 bits per heavy atom. The van der Waals surface area contributed by atoms with E-state index in [0.717, 1.165) is 23.5 Å². The van der Waals surface area contributed by atoms with Crippen LogP contribution in [0.2, 0.25) is 0 Å². The second kappa shape index (κ2) is 8.29. The highest BCUT2D eigenvalue weighted by molar-refractivity contribution is 8.00. The van der Waals surface area contributed by atoms with Crippen LogP contribution in [0.3, 0.4) is 0 Å². The lowest BCUT2D eigenvalue weighted by molar-refractivity contribution is -0.118. The number of carbonyl (C=O) groups is 1. The van der Waals surface area contributed by atoms with Crippen molar-refractivity contribution in [2.24, 2.45) is 5.92 Å². The first kappa shape index (κ1) is 18.4. The second-order valence-corrected chi connectivity index (χ2v) is 8.15. The molecule has 1 aromatic carbocycles. The summed E-state index contributed by atoms with van der Waals surface area (Å²) in [7, 11) is 0. The van der Waals surface area contributed by atoms with E-state index >= 15 is 0 Å². The standard InChI is InChI=1S/C18H27N3O3S/c1-11(2)18-20-12(3)6-17(21-18)25-9-16(22)19-8-13-4-5-14-15(7-13)24-10-23-14/h4-5,7,11-12,17-18,20-21H,6,8-10H2,1-3H3,(H,19,22). The van der Waals surface area contributed by atoms with Gasteiger partial charge in [0.25, 0.3) is 0 Å². The van der Waals surface area contributed by atoms with Crippen LogP contribution < -0.4 is 25.4 Å². The van der Waals surface area contributed by atoms with Crippen LogP contribution in [0.25, 0.3) is 0 Å². The van der Waals surface area contributed by atoms with Crippen molar-refractivity contribution in [2.75, 3.05) is 12.5 Å². The first-order valence-corrected chi connectivity index (χ1v) is 9.85. The summed E-state index contributed by atoms with van der Waals surface area (Å²) in [4.78, 5) is 12.2. The Kier molecular flexibility index (Phi) is 6.09. The van der Waals surface area contributed by atoms with Crippen LogP contribution in [0.5, 0.6) is 11.5 Å². The summed E-state index contributed by atoms with van der Waals surface area (Å²) in [5.41, 5.74) is 1.01. The van der Waals surface area contributed by atoms with Crippen molar-refractivity contribution >= 4 is 17.7 Å². The van der Waals surface area contributed by atoms with Crippen molar-refractivity contribution < 1.29 is 14.3 Å². The zero-order valence-electron chi connectivity index (χ0n) is 15.0. The Balaban J connectivity index is 1.42. The fourth-order valence-corrected chi connectivity index (χ4v) is 4.11. The number of rotatable bonds is 6. The van der Waals surface area contributed by atoms with Gasteiger partial charge in [-0.15, -0.1) is 11.8 Å². The van der Waals surface area contributed by atoms with E-state index in [4.69, 9.17) is 9.47 Å². The molecule has 0 aromatic heterocycles. The molecule has 3 N–H and O–H groups in total. The quantitative estimate of drug-likeness (QED) is 0.717. The molecule has 1 saturated heterocycles. The molecule has 138 valence electrons. The van der Waals surface area contributed by atoms with Crippen LogP contribution in [0.1, 0.15) is 32.8 Å². The van der Waals surface area contributed by atoms with Crippen LogP contribution in [0, 0.1) is 5.92 Å². The Hall–Kier alpha value is -1.44. The second-order valence-electron chi connectivity index (χ2n) is 6.96. The van der Waals surface area contributed by atoms with Gasteiger partial charge in [0.15, 0.2) is 11.5 Å². The predicted molar refractivity (Wildman–Crippen MR) is 99.6 cm³/mol. The molecule has 2 aliphatic rings. The molecule has 0 spiro atoms. The maximum absolute atomic E-state index is 12.2. The maximum atomic E-state index is 12.2. The fraction of sp³-hybridized carbons (Fsp3) is 0.611. The van der Waals surface area contributed by atoms with Gasteiger partial charge in [-0.2, -0.15) is 0 Å². The monoisotopic (exact) mass is 365 g/mol. The Labute approximate surface area is 153 Å². The topological polar surface area (TPSA) is 71.6 Å². The molecule has 6 nitrogen and oxygen atoms in total. The summed E-state index contributed by atoms with van der Waals surface area (Å²) < 4.78 is 10.7. The molecule has 1 fully saturated rings. The average Bonchev–Trinajstić information content (AvgIpc) is 3.05. The molecule has 3 unspecified atom stereocenters. The van der Waals surface area contributed by atoms with E-state index in [9.17, 15) is 4.79 Å². The largest absolute Gasteiger partial charge is 0.454 e. The zero-order valence-corrected chi connectivity index (χ0v) is 15.8. The van der Waals surface area contributed by atoms with Gasteiger partial charge >= 0.3 is 0 Å². The van der Waals surface area contributed by atoms with Crippen LogP contribution in [-0.4, -0.2) is 36.0 Å². The summed E-state index contributed by atoms with van der Waals surface area (Å²) in [6.45, 7) is 7.36. The minimum absolute atomic E-state index is 0.0525. The van der Waals surface area contributed by atoms with Crippen molar-refractivity contribution in [3.63, 3.8) is 0 Å². The predicted octanol–water partition coefficient (Wildman–Crippen LogP) is 2.04.